The average Bonchev–Trinajstić information content (AvgIpc) is 2.72. The minimum atomic E-state index is 0. The first-order chi connectivity index (χ1) is 13.7. The lowest BCUT2D eigenvalue weighted by atomic mass is 9.93. The number of hydrogen-bond acceptors (Lipinski definition) is 3. The maximum atomic E-state index is 11.6. The predicted molar refractivity (Wildman–Crippen MR) is 130 cm³/mol. The van der Waals surface area contributed by atoms with Crippen molar-refractivity contribution in [2.45, 2.75) is 52.7 Å². The van der Waals surface area contributed by atoms with E-state index in [-0.39, 0.29) is 29.9 Å². The number of piperidine rings is 1. The van der Waals surface area contributed by atoms with Crippen molar-refractivity contribution in [3.05, 3.63) is 35.4 Å². The quantitative estimate of drug-likeness (QED) is 0.228. The Morgan fingerprint density at radius 3 is 2.52 bits per heavy atom. The second kappa shape index (κ2) is 14.6. The van der Waals surface area contributed by atoms with E-state index >= 15 is 0 Å². The van der Waals surface area contributed by atoms with Gasteiger partial charge in [0.1, 0.15) is 0 Å². The first kappa shape index (κ1) is 25.7. The number of nitrogens with one attached hydrogen (secondary N) is 2. The zero-order valence-electron chi connectivity index (χ0n) is 18.1. The molecule has 0 aliphatic carbocycles. The van der Waals surface area contributed by atoms with Crippen LogP contribution in [0, 0.1) is 5.92 Å². The summed E-state index contributed by atoms with van der Waals surface area (Å²) in [5, 5.41) is 6.16. The number of aliphatic imine (C=N–C) groups is 1. The zero-order valence-corrected chi connectivity index (χ0v) is 20.4. The largest absolute Gasteiger partial charge is 0.377 e. The number of carbonyl (C=O) groups excluding carboxylic acids is 1. The number of carbonyl (C=O) groups is 1. The van der Waals surface area contributed by atoms with Crippen LogP contribution in [0.1, 0.15) is 50.7 Å². The van der Waals surface area contributed by atoms with Gasteiger partial charge in [0.15, 0.2) is 5.96 Å². The summed E-state index contributed by atoms with van der Waals surface area (Å²) < 4.78 is 5.73. The van der Waals surface area contributed by atoms with Crippen LogP contribution >= 0.6 is 24.0 Å². The molecule has 0 aromatic heterocycles. The fourth-order valence-electron chi connectivity index (χ4n) is 3.48. The SMILES string of the molecule is CCCOCc1ccccc1CN=C(NCC)N1CCC(CC(=O)NC)CC1.I. The van der Waals surface area contributed by atoms with Crippen LogP contribution in [-0.4, -0.2) is 50.1 Å². The first-order valence-electron chi connectivity index (χ1n) is 10.6. The van der Waals surface area contributed by atoms with Gasteiger partial charge in [-0.1, -0.05) is 31.2 Å². The number of rotatable bonds is 9. The highest BCUT2D eigenvalue weighted by Crippen LogP contribution is 2.21. The third-order valence-electron chi connectivity index (χ3n) is 5.13. The Morgan fingerprint density at radius 2 is 1.90 bits per heavy atom. The van der Waals surface area contributed by atoms with Crippen molar-refractivity contribution < 1.29 is 9.53 Å². The lowest BCUT2D eigenvalue weighted by Crippen LogP contribution is -2.46. The van der Waals surface area contributed by atoms with E-state index < -0.39 is 0 Å². The van der Waals surface area contributed by atoms with Crippen molar-refractivity contribution in [2.24, 2.45) is 10.9 Å². The molecule has 1 aliphatic heterocycles. The van der Waals surface area contributed by atoms with Gasteiger partial charge in [-0.3, -0.25) is 4.79 Å². The van der Waals surface area contributed by atoms with Gasteiger partial charge >= 0.3 is 0 Å². The van der Waals surface area contributed by atoms with Crippen molar-refractivity contribution in [3.63, 3.8) is 0 Å². The van der Waals surface area contributed by atoms with Crippen LogP contribution in [0.25, 0.3) is 0 Å². The van der Waals surface area contributed by atoms with Crippen LogP contribution < -0.4 is 10.6 Å². The average molecular weight is 516 g/mol. The van der Waals surface area contributed by atoms with E-state index in [1.807, 2.05) is 0 Å². The Labute approximate surface area is 192 Å². The molecule has 164 valence electrons. The molecule has 1 amide bonds. The number of benzene rings is 1. The molecule has 7 heteroatoms. The van der Waals surface area contributed by atoms with Crippen molar-refractivity contribution >= 4 is 35.8 Å². The van der Waals surface area contributed by atoms with E-state index in [0.717, 1.165) is 51.5 Å². The van der Waals surface area contributed by atoms with E-state index in [4.69, 9.17) is 9.73 Å². The summed E-state index contributed by atoms with van der Waals surface area (Å²) in [5.74, 6) is 1.57. The molecule has 1 fully saturated rings. The highest BCUT2D eigenvalue weighted by molar-refractivity contribution is 14.0. The van der Waals surface area contributed by atoms with Crippen LogP contribution in [0.3, 0.4) is 0 Å². The molecule has 1 aromatic carbocycles. The van der Waals surface area contributed by atoms with E-state index in [0.29, 0.717) is 25.5 Å². The molecular weight excluding hydrogens is 479 g/mol. The Kier molecular flexibility index (Phi) is 12.9. The summed E-state index contributed by atoms with van der Waals surface area (Å²) in [6.07, 6.45) is 3.71. The summed E-state index contributed by atoms with van der Waals surface area (Å²) in [5.41, 5.74) is 2.42. The standard InChI is InChI=1S/C22H36N4O2.HI/c1-4-14-28-17-20-9-7-6-8-19(20)16-25-22(24-5-2)26-12-10-18(11-13-26)15-21(27)23-3;/h6-9,18H,4-5,10-17H2,1-3H3,(H,23,27)(H,24,25);1H. The lowest BCUT2D eigenvalue weighted by molar-refractivity contribution is -0.121. The molecular formula is C22H37IN4O2. The van der Waals surface area contributed by atoms with Crippen molar-refractivity contribution in [3.8, 4) is 0 Å². The number of guanidine groups is 1. The normalized spacial score (nSPS) is 15.0. The number of halogens is 1. The molecule has 2 N–H and O–H groups in total. The van der Waals surface area contributed by atoms with E-state index in [1.165, 1.54) is 11.1 Å². The van der Waals surface area contributed by atoms with Crippen LogP contribution in [0.5, 0.6) is 0 Å². The van der Waals surface area contributed by atoms with E-state index in [9.17, 15) is 4.79 Å². The fraction of sp³-hybridized carbons (Fsp3) is 0.636. The number of hydrogen-bond donors (Lipinski definition) is 2. The van der Waals surface area contributed by atoms with Crippen molar-refractivity contribution in [1.29, 1.82) is 0 Å². The molecule has 1 aromatic rings. The highest BCUT2D eigenvalue weighted by atomic mass is 127. The fourth-order valence-corrected chi connectivity index (χ4v) is 3.48. The van der Waals surface area contributed by atoms with Crippen LogP contribution in [-0.2, 0) is 22.7 Å². The molecule has 0 unspecified atom stereocenters. The van der Waals surface area contributed by atoms with Gasteiger partial charge in [-0.2, -0.15) is 0 Å². The van der Waals surface area contributed by atoms with Crippen LogP contribution in [0.4, 0.5) is 0 Å². The van der Waals surface area contributed by atoms with Gasteiger partial charge in [-0.05, 0) is 43.2 Å². The number of nitrogens with zero attached hydrogens (tertiary/aromatic N) is 2. The maximum Gasteiger partial charge on any atom is 0.220 e. The Balaban J connectivity index is 0.00000420. The predicted octanol–water partition coefficient (Wildman–Crippen LogP) is 3.54. The molecule has 0 spiro atoms. The topological polar surface area (TPSA) is 66.0 Å². The van der Waals surface area contributed by atoms with Gasteiger partial charge in [0.2, 0.25) is 5.91 Å². The minimum Gasteiger partial charge on any atom is -0.377 e. The summed E-state index contributed by atoms with van der Waals surface area (Å²) in [4.78, 5) is 18.8. The van der Waals surface area contributed by atoms with Gasteiger partial charge in [-0.25, -0.2) is 4.99 Å². The van der Waals surface area contributed by atoms with Gasteiger partial charge in [-0.15, -0.1) is 24.0 Å². The third kappa shape index (κ3) is 8.90. The lowest BCUT2D eigenvalue weighted by Gasteiger charge is -2.34. The second-order valence-corrected chi connectivity index (χ2v) is 7.30. The number of amides is 1. The zero-order chi connectivity index (χ0) is 20.2. The van der Waals surface area contributed by atoms with E-state index in [1.54, 1.807) is 7.05 Å². The first-order valence-corrected chi connectivity index (χ1v) is 10.6. The Morgan fingerprint density at radius 1 is 1.21 bits per heavy atom. The molecule has 1 saturated heterocycles. The summed E-state index contributed by atoms with van der Waals surface area (Å²) in [6.45, 7) is 9.01. The van der Waals surface area contributed by atoms with Crippen LogP contribution in [0.2, 0.25) is 0 Å². The van der Waals surface area contributed by atoms with Crippen molar-refractivity contribution in [1.82, 2.24) is 15.5 Å². The molecule has 29 heavy (non-hydrogen) atoms. The van der Waals surface area contributed by atoms with Gasteiger partial charge in [0, 0.05) is 39.7 Å². The number of likely N-dealkylation sites (tertiary alicyclic amines) is 1. The summed E-state index contributed by atoms with van der Waals surface area (Å²) >= 11 is 0. The third-order valence-corrected chi connectivity index (χ3v) is 5.13. The van der Waals surface area contributed by atoms with E-state index in [2.05, 4.69) is 53.6 Å². The molecule has 1 heterocycles. The minimum absolute atomic E-state index is 0. The molecule has 0 saturated carbocycles. The maximum absolute atomic E-state index is 11.6. The smallest absolute Gasteiger partial charge is 0.220 e. The second-order valence-electron chi connectivity index (χ2n) is 7.30. The summed E-state index contributed by atoms with van der Waals surface area (Å²) in [6, 6.07) is 8.37. The molecule has 2 rings (SSSR count). The Bertz CT molecular complexity index is 631. The molecule has 0 bridgehead atoms. The van der Waals surface area contributed by atoms with Gasteiger partial charge in [0.05, 0.1) is 13.2 Å². The molecule has 0 radical (unpaired) electrons. The number of ether oxygens (including phenoxy) is 1. The van der Waals surface area contributed by atoms with Gasteiger partial charge < -0.3 is 20.3 Å². The molecule has 0 atom stereocenters. The molecule has 1 aliphatic rings. The van der Waals surface area contributed by atoms with Gasteiger partial charge in [0.25, 0.3) is 0 Å². The summed E-state index contributed by atoms with van der Waals surface area (Å²) in [7, 11) is 1.71. The highest BCUT2D eigenvalue weighted by Gasteiger charge is 2.23. The Hall–Kier alpha value is -1.35. The van der Waals surface area contributed by atoms with Crippen molar-refractivity contribution in [2.75, 3.05) is 33.3 Å². The monoisotopic (exact) mass is 516 g/mol. The van der Waals surface area contributed by atoms with Crippen LogP contribution in [0.15, 0.2) is 29.3 Å². The molecule has 6 nitrogen and oxygen atoms in total.